The van der Waals surface area contributed by atoms with Gasteiger partial charge in [0.05, 0.1) is 0 Å². The highest BCUT2D eigenvalue weighted by molar-refractivity contribution is 4.86. The average Bonchev–Trinajstić information content (AvgIpc) is 2.95. The summed E-state index contributed by atoms with van der Waals surface area (Å²) >= 11 is 0. The number of hydrogen-bond donors (Lipinski definition) is 1. The van der Waals surface area contributed by atoms with Crippen molar-refractivity contribution in [1.82, 2.24) is 10.2 Å². The Morgan fingerprint density at radius 2 is 2.07 bits per heavy atom. The Bertz CT molecular complexity index is 189. The van der Waals surface area contributed by atoms with E-state index in [1.807, 2.05) is 0 Å². The van der Waals surface area contributed by atoms with Crippen LogP contribution in [0.3, 0.4) is 0 Å². The number of nitrogens with one attached hydrogen (secondary N) is 1. The molecule has 2 nitrogen and oxygen atoms in total. The van der Waals surface area contributed by atoms with Gasteiger partial charge in [0.1, 0.15) is 0 Å². The van der Waals surface area contributed by atoms with Crippen LogP contribution in [0.25, 0.3) is 0 Å². The summed E-state index contributed by atoms with van der Waals surface area (Å²) in [5.74, 6) is 1.99. The monoisotopic (exact) mass is 210 g/mol. The molecule has 2 fully saturated rings. The first-order valence-corrected chi connectivity index (χ1v) is 6.72. The van der Waals surface area contributed by atoms with Crippen molar-refractivity contribution in [2.45, 2.75) is 45.1 Å². The number of nitrogens with zero attached hydrogens (tertiary/aromatic N) is 1. The first kappa shape index (κ1) is 11.4. The van der Waals surface area contributed by atoms with Gasteiger partial charge in [-0.15, -0.1) is 0 Å². The molecule has 1 saturated heterocycles. The quantitative estimate of drug-likeness (QED) is 0.722. The second-order valence-electron chi connectivity index (χ2n) is 5.45. The molecule has 88 valence electrons. The van der Waals surface area contributed by atoms with Gasteiger partial charge in [-0.1, -0.05) is 19.8 Å². The van der Waals surface area contributed by atoms with Crippen molar-refractivity contribution < 1.29 is 0 Å². The fourth-order valence-corrected chi connectivity index (χ4v) is 2.96. The van der Waals surface area contributed by atoms with Crippen LogP contribution in [0.15, 0.2) is 0 Å². The SMILES string of the molecule is CCC(CC1CC1)N1CCC(CNC)C1. The summed E-state index contributed by atoms with van der Waals surface area (Å²) in [5, 5.41) is 3.31. The molecule has 2 aliphatic rings. The molecule has 0 aromatic rings. The molecule has 2 heteroatoms. The molecular weight excluding hydrogens is 184 g/mol. The van der Waals surface area contributed by atoms with Crippen molar-refractivity contribution in [3.8, 4) is 0 Å². The minimum absolute atomic E-state index is 0.888. The topological polar surface area (TPSA) is 15.3 Å². The van der Waals surface area contributed by atoms with E-state index in [1.54, 1.807) is 0 Å². The van der Waals surface area contributed by atoms with Gasteiger partial charge in [-0.3, -0.25) is 0 Å². The molecule has 0 radical (unpaired) electrons. The van der Waals surface area contributed by atoms with Gasteiger partial charge in [-0.25, -0.2) is 0 Å². The van der Waals surface area contributed by atoms with Crippen molar-refractivity contribution in [2.75, 3.05) is 26.7 Å². The van der Waals surface area contributed by atoms with E-state index in [-0.39, 0.29) is 0 Å². The Labute approximate surface area is 94.4 Å². The van der Waals surface area contributed by atoms with Crippen LogP contribution < -0.4 is 5.32 Å². The van der Waals surface area contributed by atoms with Crippen molar-refractivity contribution >= 4 is 0 Å². The first-order chi connectivity index (χ1) is 7.33. The van der Waals surface area contributed by atoms with E-state index in [0.29, 0.717) is 0 Å². The predicted molar refractivity (Wildman–Crippen MR) is 65.0 cm³/mol. The van der Waals surface area contributed by atoms with Crippen LogP contribution >= 0.6 is 0 Å². The molecular formula is C13H26N2. The minimum atomic E-state index is 0.888. The molecule has 2 atom stereocenters. The second kappa shape index (κ2) is 5.31. The maximum Gasteiger partial charge on any atom is 0.00953 e. The van der Waals surface area contributed by atoms with E-state index in [1.165, 1.54) is 51.7 Å². The molecule has 2 rings (SSSR count). The maximum absolute atomic E-state index is 3.31. The van der Waals surface area contributed by atoms with Crippen LogP contribution in [0.2, 0.25) is 0 Å². The molecule has 0 aromatic carbocycles. The number of hydrogen-bond acceptors (Lipinski definition) is 2. The fraction of sp³-hybridized carbons (Fsp3) is 1.00. The fourth-order valence-electron chi connectivity index (χ4n) is 2.96. The maximum atomic E-state index is 3.31. The van der Waals surface area contributed by atoms with Crippen LogP contribution in [0.1, 0.15) is 39.0 Å². The largest absolute Gasteiger partial charge is 0.319 e. The summed E-state index contributed by atoms with van der Waals surface area (Å²) < 4.78 is 0. The van der Waals surface area contributed by atoms with E-state index >= 15 is 0 Å². The van der Waals surface area contributed by atoms with Crippen LogP contribution in [0.5, 0.6) is 0 Å². The second-order valence-corrected chi connectivity index (χ2v) is 5.45. The molecule has 1 aliphatic carbocycles. The van der Waals surface area contributed by atoms with Crippen LogP contribution in [-0.4, -0.2) is 37.6 Å². The highest BCUT2D eigenvalue weighted by Gasteiger charge is 2.31. The molecule has 0 amide bonds. The smallest absolute Gasteiger partial charge is 0.00953 e. The zero-order valence-electron chi connectivity index (χ0n) is 10.3. The summed E-state index contributed by atoms with van der Waals surface area (Å²) in [6.45, 7) is 6.25. The molecule has 2 unspecified atom stereocenters. The van der Waals surface area contributed by atoms with Crippen LogP contribution in [-0.2, 0) is 0 Å². The lowest BCUT2D eigenvalue weighted by Crippen LogP contribution is -2.34. The lowest BCUT2D eigenvalue weighted by molar-refractivity contribution is 0.209. The molecule has 0 spiro atoms. The average molecular weight is 210 g/mol. The van der Waals surface area contributed by atoms with Gasteiger partial charge >= 0.3 is 0 Å². The van der Waals surface area contributed by atoms with Crippen molar-refractivity contribution in [3.05, 3.63) is 0 Å². The van der Waals surface area contributed by atoms with Crippen molar-refractivity contribution in [1.29, 1.82) is 0 Å². The van der Waals surface area contributed by atoms with E-state index in [0.717, 1.165) is 17.9 Å². The highest BCUT2D eigenvalue weighted by atomic mass is 15.2. The van der Waals surface area contributed by atoms with Crippen molar-refractivity contribution in [2.24, 2.45) is 11.8 Å². The lowest BCUT2D eigenvalue weighted by Gasteiger charge is -2.27. The van der Waals surface area contributed by atoms with Gasteiger partial charge < -0.3 is 10.2 Å². The van der Waals surface area contributed by atoms with E-state index in [4.69, 9.17) is 0 Å². The Morgan fingerprint density at radius 1 is 1.27 bits per heavy atom. The summed E-state index contributed by atoms with van der Waals surface area (Å²) in [6.07, 6.45) is 7.24. The normalized spacial score (nSPS) is 29.6. The lowest BCUT2D eigenvalue weighted by atomic mass is 10.1. The summed E-state index contributed by atoms with van der Waals surface area (Å²) in [4.78, 5) is 2.75. The van der Waals surface area contributed by atoms with Gasteiger partial charge in [0.2, 0.25) is 0 Å². The van der Waals surface area contributed by atoms with Gasteiger partial charge in [0.15, 0.2) is 0 Å². The first-order valence-electron chi connectivity index (χ1n) is 6.72. The van der Waals surface area contributed by atoms with Gasteiger partial charge in [0, 0.05) is 12.6 Å². The molecule has 1 aliphatic heterocycles. The number of rotatable bonds is 6. The predicted octanol–water partition coefficient (Wildman–Crippen LogP) is 2.11. The highest BCUT2D eigenvalue weighted by Crippen LogP contribution is 2.36. The number of likely N-dealkylation sites (tertiary alicyclic amines) is 1. The van der Waals surface area contributed by atoms with Crippen LogP contribution in [0.4, 0.5) is 0 Å². The van der Waals surface area contributed by atoms with Gasteiger partial charge in [-0.2, -0.15) is 0 Å². The summed E-state index contributed by atoms with van der Waals surface area (Å²) in [6, 6.07) is 0.888. The summed E-state index contributed by atoms with van der Waals surface area (Å²) in [7, 11) is 2.07. The third-order valence-electron chi connectivity index (χ3n) is 4.10. The zero-order valence-corrected chi connectivity index (χ0v) is 10.3. The molecule has 1 heterocycles. The molecule has 15 heavy (non-hydrogen) atoms. The zero-order chi connectivity index (χ0) is 10.7. The van der Waals surface area contributed by atoms with Gasteiger partial charge in [0.25, 0.3) is 0 Å². The Kier molecular flexibility index (Phi) is 4.04. The standard InChI is InChI=1S/C13H26N2/c1-3-13(8-11-4-5-11)15-7-6-12(10-15)9-14-2/h11-14H,3-10H2,1-2H3. The minimum Gasteiger partial charge on any atom is -0.319 e. The Hall–Kier alpha value is -0.0800. The third kappa shape index (κ3) is 3.18. The van der Waals surface area contributed by atoms with Gasteiger partial charge in [-0.05, 0) is 51.2 Å². The molecule has 1 saturated carbocycles. The van der Waals surface area contributed by atoms with E-state index in [2.05, 4.69) is 24.2 Å². The summed E-state index contributed by atoms with van der Waals surface area (Å²) in [5.41, 5.74) is 0. The van der Waals surface area contributed by atoms with E-state index in [9.17, 15) is 0 Å². The third-order valence-corrected chi connectivity index (χ3v) is 4.10. The Balaban J connectivity index is 1.76. The van der Waals surface area contributed by atoms with E-state index < -0.39 is 0 Å². The molecule has 0 bridgehead atoms. The molecule has 1 N–H and O–H groups in total. The molecule has 0 aromatic heterocycles. The Morgan fingerprint density at radius 3 is 2.67 bits per heavy atom. The van der Waals surface area contributed by atoms with Crippen LogP contribution in [0, 0.1) is 11.8 Å². The van der Waals surface area contributed by atoms with Crippen molar-refractivity contribution in [3.63, 3.8) is 0 Å².